The lowest BCUT2D eigenvalue weighted by molar-refractivity contribution is 0.391. The van der Waals surface area contributed by atoms with Crippen molar-refractivity contribution in [1.82, 2.24) is 5.32 Å². The Morgan fingerprint density at radius 2 is 1.94 bits per heavy atom. The first kappa shape index (κ1) is 12.0. The number of hydrogen-bond acceptors (Lipinski definition) is 4. The van der Waals surface area contributed by atoms with Gasteiger partial charge in [0.05, 0.1) is 12.8 Å². The summed E-state index contributed by atoms with van der Waals surface area (Å²) in [6.07, 6.45) is 0. The maximum Gasteiger partial charge on any atom is 0.144 e. The number of nitrogens with one attached hydrogen (secondary N) is 1. The summed E-state index contributed by atoms with van der Waals surface area (Å²) in [5.41, 5.74) is 7.64. The Labute approximate surface area is 103 Å². The predicted molar refractivity (Wildman–Crippen MR) is 71.7 cm³/mol. The lowest BCUT2D eigenvalue weighted by Crippen LogP contribution is -2.54. The minimum absolute atomic E-state index is 0.487. The second kappa shape index (κ2) is 4.84. The monoisotopic (exact) mass is 235 g/mol. The average molecular weight is 235 g/mol. The molecule has 17 heavy (non-hydrogen) atoms. The first-order valence-corrected chi connectivity index (χ1v) is 6.04. The minimum Gasteiger partial charge on any atom is -0.495 e. The molecule has 0 amide bonds. The molecule has 1 aromatic carbocycles. The molecule has 2 rings (SSSR count). The number of benzene rings is 1. The van der Waals surface area contributed by atoms with Crippen LogP contribution in [0.4, 0.5) is 11.4 Å². The van der Waals surface area contributed by atoms with Crippen LogP contribution in [0.3, 0.4) is 0 Å². The number of nitrogens with zero attached hydrogens (tertiary/aromatic N) is 1. The normalized spacial score (nSPS) is 24.8. The van der Waals surface area contributed by atoms with E-state index in [0.717, 1.165) is 30.2 Å². The van der Waals surface area contributed by atoms with Crippen molar-refractivity contribution in [1.29, 1.82) is 0 Å². The summed E-state index contributed by atoms with van der Waals surface area (Å²) in [7, 11) is 1.69. The van der Waals surface area contributed by atoms with Crippen molar-refractivity contribution in [2.24, 2.45) is 0 Å². The van der Waals surface area contributed by atoms with Gasteiger partial charge in [-0.1, -0.05) is 0 Å². The summed E-state index contributed by atoms with van der Waals surface area (Å²) in [6.45, 7) is 6.38. The van der Waals surface area contributed by atoms with E-state index in [4.69, 9.17) is 10.5 Å². The highest BCUT2D eigenvalue weighted by Crippen LogP contribution is 2.31. The standard InChI is InChI=1S/C13H21N3O/c1-9-7-16(8-10(2)15-9)12-5-4-11(14)6-13(12)17-3/h4-6,9-10,15H,7-8,14H2,1-3H3. The van der Waals surface area contributed by atoms with Crippen LogP contribution in [0.25, 0.3) is 0 Å². The summed E-state index contributed by atoms with van der Waals surface area (Å²) in [6, 6.07) is 6.82. The third-order valence-corrected chi connectivity index (χ3v) is 3.10. The van der Waals surface area contributed by atoms with Gasteiger partial charge in [-0.2, -0.15) is 0 Å². The van der Waals surface area contributed by atoms with E-state index in [1.807, 2.05) is 18.2 Å². The molecule has 1 aliphatic heterocycles. The van der Waals surface area contributed by atoms with Gasteiger partial charge in [-0.25, -0.2) is 0 Å². The van der Waals surface area contributed by atoms with Crippen molar-refractivity contribution in [2.45, 2.75) is 25.9 Å². The number of hydrogen-bond donors (Lipinski definition) is 2. The fourth-order valence-electron chi connectivity index (χ4n) is 2.48. The second-order valence-corrected chi connectivity index (χ2v) is 4.81. The average Bonchev–Trinajstić information content (AvgIpc) is 2.27. The molecule has 1 aliphatic rings. The van der Waals surface area contributed by atoms with Crippen molar-refractivity contribution < 1.29 is 4.74 Å². The number of ether oxygens (including phenoxy) is 1. The molecule has 1 saturated heterocycles. The summed E-state index contributed by atoms with van der Waals surface area (Å²) in [5.74, 6) is 0.853. The predicted octanol–water partition coefficient (Wildman–Crippen LogP) is 1.46. The Balaban J connectivity index is 2.26. The van der Waals surface area contributed by atoms with Crippen LogP contribution in [0, 0.1) is 0 Å². The molecule has 4 heteroatoms. The Hall–Kier alpha value is -1.42. The van der Waals surface area contributed by atoms with Crippen LogP contribution < -0.4 is 20.7 Å². The number of rotatable bonds is 2. The zero-order valence-corrected chi connectivity index (χ0v) is 10.7. The zero-order chi connectivity index (χ0) is 12.4. The molecule has 1 aromatic rings. The third-order valence-electron chi connectivity index (χ3n) is 3.10. The van der Waals surface area contributed by atoms with Crippen molar-refractivity contribution >= 4 is 11.4 Å². The van der Waals surface area contributed by atoms with Crippen molar-refractivity contribution in [3.8, 4) is 5.75 Å². The van der Waals surface area contributed by atoms with Gasteiger partial charge in [0.1, 0.15) is 5.75 Å². The molecule has 2 unspecified atom stereocenters. The van der Waals surface area contributed by atoms with E-state index in [2.05, 4.69) is 24.1 Å². The highest BCUT2D eigenvalue weighted by Gasteiger charge is 2.23. The SMILES string of the molecule is COc1cc(N)ccc1N1CC(C)NC(C)C1. The lowest BCUT2D eigenvalue weighted by atomic mass is 10.1. The first-order chi connectivity index (χ1) is 8.10. The first-order valence-electron chi connectivity index (χ1n) is 6.04. The van der Waals surface area contributed by atoms with Gasteiger partial charge in [-0.3, -0.25) is 0 Å². The van der Waals surface area contributed by atoms with Crippen LogP contribution in [0.15, 0.2) is 18.2 Å². The number of nitrogen functional groups attached to an aromatic ring is 1. The molecule has 0 spiro atoms. The number of nitrogens with two attached hydrogens (primary N) is 1. The van der Waals surface area contributed by atoms with Gasteiger partial charge in [0, 0.05) is 36.9 Å². The van der Waals surface area contributed by atoms with E-state index in [9.17, 15) is 0 Å². The van der Waals surface area contributed by atoms with Crippen LogP contribution in [-0.2, 0) is 0 Å². The molecule has 1 heterocycles. The lowest BCUT2D eigenvalue weighted by Gasteiger charge is -2.38. The van der Waals surface area contributed by atoms with Crippen LogP contribution >= 0.6 is 0 Å². The van der Waals surface area contributed by atoms with E-state index in [-0.39, 0.29) is 0 Å². The quantitative estimate of drug-likeness (QED) is 0.762. The number of anilines is 2. The highest BCUT2D eigenvalue weighted by atomic mass is 16.5. The fraction of sp³-hybridized carbons (Fsp3) is 0.538. The maximum absolute atomic E-state index is 5.78. The minimum atomic E-state index is 0.487. The summed E-state index contributed by atoms with van der Waals surface area (Å²) in [5, 5.41) is 3.52. The van der Waals surface area contributed by atoms with Gasteiger partial charge < -0.3 is 20.7 Å². The summed E-state index contributed by atoms with van der Waals surface area (Å²) >= 11 is 0. The Kier molecular flexibility index (Phi) is 3.43. The van der Waals surface area contributed by atoms with Crippen LogP contribution in [0.2, 0.25) is 0 Å². The van der Waals surface area contributed by atoms with Gasteiger partial charge in [0.15, 0.2) is 0 Å². The molecule has 0 aromatic heterocycles. The largest absolute Gasteiger partial charge is 0.495 e. The van der Waals surface area contributed by atoms with Gasteiger partial charge in [0.2, 0.25) is 0 Å². The van der Waals surface area contributed by atoms with Crippen molar-refractivity contribution in [2.75, 3.05) is 30.8 Å². The topological polar surface area (TPSA) is 50.5 Å². The maximum atomic E-state index is 5.78. The molecule has 2 atom stereocenters. The van der Waals surface area contributed by atoms with Gasteiger partial charge in [0.25, 0.3) is 0 Å². The Morgan fingerprint density at radius 3 is 2.53 bits per heavy atom. The molecule has 0 aliphatic carbocycles. The van der Waals surface area contributed by atoms with E-state index in [1.54, 1.807) is 7.11 Å². The zero-order valence-electron chi connectivity index (χ0n) is 10.7. The summed E-state index contributed by atoms with van der Waals surface area (Å²) < 4.78 is 5.41. The van der Waals surface area contributed by atoms with E-state index < -0.39 is 0 Å². The van der Waals surface area contributed by atoms with Gasteiger partial charge in [-0.15, -0.1) is 0 Å². The van der Waals surface area contributed by atoms with E-state index >= 15 is 0 Å². The number of piperazine rings is 1. The molecule has 3 N–H and O–H groups in total. The van der Waals surface area contributed by atoms with Crippen LogP contribution in [0.5, 0.6) is 5.75 Å². The Bertz CT molecular complexity index is 384. The van der Waals surface area contributed by atoms with Crippen LogP contribution in [0.1, 0.15) is 13.8 Å². The molecular weight excluding hydrogens is 214 g/mol. The second-order valence-electron chi connectivity index (χ2n) is 4.81. The number of methoxy groups -OCH3 is 1. The molecule has 1 fully saturated rings. The molecule has 0 saturated carbocycles. The highest BCUT2D eigenvalue weighted by molar-refractivity contribution is 5.64. The fourth-order valence-corrected chi connectivity index (χ4v) is 2.48. The van der Waals surface area contributed by atoms with Crippen molar-refractivity contribution in [3.63, 3.8) is 0 Å². The summed E-state index contributed by atoms with van der Waals surface area (Å²) in [4.78, 5) is 2.35. The Morgan fingerprint density at radius 1 is 1.29 bits per heavy atom. The molecular formula is C13H21N3O. The van der Waals surface area contributed by atoms with Crippen molar-refractivity contribution in [3.05, 3.63) is 18.2 Å². The van der Waals surface area contributed by atoms with E-state index in [0.29, 0.717) is 12.1 Å². The smallest absolute Gasteiger partial charge is 0.144 e. The third kappa shape index (κ3) is 2.64. The van der Waals surface area contributed by atoms with E-state index in [1.165, 1.54) is 0 Å². The van der Waals surface area contributed by atoms with Crippen LogP contribution in [-0.4, -0.2) is 32.3 Å². The molecule has 0 radical (unpaired) electrons. The molecule has 0 bridgehead atoms. The molecule has 4 nitrogen and oxygen atoms in total. The van der Waals surface area contributed by atoms with Gasteiger partial charge in [-0.05, 0) is 26.0 Å². The molecule has 94 valence electrons. The van der Waals surface area contributed by atoms with Gasteiger partial charge >= 0.3 is 0 Å².